The first-order valence-electron chi connectivity index (χ1n) is 19.7. The van der Waals surface area contributed by atoms with E-state index in [1.54, 1.807) is 0 Å². The summed E-state index contributed by atoms with van der Waals surface area (Å²) in [7, 11) is 0. The lowest BCUT2D eigenvalue weighted by molar-refractivity contribution is 0.669. The first kappa shape index (κ1) is 32.8. The van der Waals surface area contributed by atoms with E-state index in [2.05, 4.69) is 210 Å². The molecule has 0 fully saturated rings. The third kappa shape index (κ3) is 4.99. The predicted molar refractivity (Wildman–Crippen MR) is 247 cm³/mol. The van der Waals surface area contributed by atoms with Gasteiger partial charge in [-0.05, 0) is 54.1 Å². The summed E-state index contributed by atoms with van der Waals surface area (Å²) >= 11 is 1.87. The molecule has 0 spiro atoms. The molecule has 3 aromatic heterocycles. The number of anilines is 3. The first-order chi connectivity index (χ1) is 28.8. The highest BCUT2D eigenvalue weighted by Crippen LogP contribution is 2.48. The molecule has 4 heteroatoms. The highest BCUT2D eigenvalue weighted by molar-refractivity contribution is 7.26. The number of fused-ring (bicyclic) bond motifs is 9. The van der Waals surface area contributed by atoms with Crippen molar-refractivity contribution in [3.05, 3.63) is 206 Å². The third-order valence-electron chi connectivity index (χ3n) is 11.6. The van der Waals surface area contributed by atoms with Gasteiger partial charge in [0.2, 0.25) is 0 Å². The molecular formula is C54H34N2OS. The molecular weight excluding hydrogens is 725 g/mol. The van der Waals surface area contributed by atoms with Crippen molar-refractivity contribution in [1.82, 2.24) is 4.57 Å². The van der Waals surface area contributed by atoms with Crippen molar-refractivity contribution < 1.29 is 4.42 Å². The van der Waals surface area contributed by atoms with Crippen molar-refractivity contribution in [3.8, 4) is 27.9 Å². The molecule has 0 saturated heterocycles. The maximum atomic E-state index is 6.76. The van der Waals surface area contributed by atoms with Gasteiger partial charge < -0.3 is 13.9 Å². The highest BCUT2D eigenvalue weighted by Gasteiger charge is 2.24. The van der Waals surface area contributed by atoms with Gasteiger partial charge in [0.25, 0.3) is 0 Å². The fraction of sp³-hybridized carbons (Fsp3) is 0. The zero-order valence-corrected chi connectivity index (χ0v) is 32.2. The van der Waals surface area contributed by atoms with Crippen LogP contribution in [-0.4, -0.2) is 4.57 Å². The maximum absolute atomic E-state index is 6.76. The first-order valence-corrected chi connectivity index (χ1v) is 20.5. The van der Waals surface area contributed by atoms with Crippen LogP contribution in [0.4, 0.5) is 17.1 Å². The van der Waals surface area contributed by atoms with Gasteiger partial charge in [-0.3, -0.25) is 0 Å². The Morgan fingerprint density at radius 1 is 0.414 bits per heavy atom. The Labute approximate surface area is 338 Å². The lowest BCUT2D eigenvalue weighted by Gasteiger charge is -2.28. The van der Waals surface area contributed by atoms with Crippen molar-refractivity contribution in [1.29, 1.82) is 0 Å². The number of aromatic nitrogens is 1. The summed E-state index contributed by atoms with van der Waals surface area (Å²) in [6.07, 6.45) is 0. The predicted octanol–water partition coefficient (Wildman–Crippen LogP) is 15.9. The second kappa shape index (κ2) is 13.1. The van der Waals surface area contributed by atoms with Crippen molar-refractivity contribution >= 4 is 92.3 Å². The molecule has 3 heterocycles. The average molecular weight is 759 g/mol. The monoisotopic (exact) mass is 758 g/mol. The van der Waals surface area contributed by atoms with Gasteiger partial charge in [0.15, 0.2) is 5.58 Å². The summed E-state index contributed by atoms with van der Waals surface area (Å²) in [4.78, 5) is 2.39. The Hall–Kier alpha value is -7.40. The number of benzene rings is 9. The summed E-state index contributed by atoms with van der Waals surface area (Å²) in [5.74, 6) is 0. The second-order valence-electron chi connectivity index (χ2n) is 14.8. The van der Waals surface area contributed by atoms with E-state index in [0.29, 0.717) is 0 Å². The second-order valence-corrected chi connectivity index (χ2v) is 15.9. The average Bonchev–Trinajstić information content (AvgIpc) is 3.97. The molecule has 0 amide bonds. The topological polar surface area (TPSA) is 21.3 Å². The number of nitrogens with zero attached hydrogens (tertiary/aromatic N) is 2. The molecule has 0 radical (unpaired) electrons. The Bertz CT molecular complexity index is 3540. The number of hydrogen-bond donors (Lipinski definition) is 0. The molecule has 0 bridgehead atoms. The summed E-state index contributed by atoms with van der Waals surface area (Å²) in [6.45, 7) is 0. The van der Waals surface area contributed by atoms with Crippen LogP contribution < -0.4 is 4.90 Å². The van der Waals surface area contributed by atoms with Crippen LogP contribution >= 0.6 is 11.3 Å². The van der Waals surface area contributed by atoms with Gasteiger partial charge >= 0.3 is 0 Å². The molecule has 12 aromatic rings. The fourth-order valence-corrected chi connectivity index (χ4v) is 10.3. The Morgan fingerprint density at radius 3 is 1.97 bits per heavy atom. The van der Waals surface area contributed by atoms with E-state index in [-0.39, 0.29) is 0 Å². The molecule has 0 N–H and O–H groups in total. The molecule has 58 heavy (non-hydrogen) atoms. The van der Waals surface area contributed by atoms with E-state index < -0.39 is 0 Å². The van der Waals surface area contributed by atoms with E-state index >= 15 is 0 Å². The number of para-hydroxylation sites is 5. The van der Waals surface area contributed by atoms with Crippen LogP contribution in [0.1, 0.15) is 0 Å². The molecule has 0 saturated carbocycles. The van der Waals surface area contributed by atoms with Gasteiger partial charge in [-0.2, -0.15) is 0 Å². The van der Waals surface area contributed by atoms with Gasteiger partial charge in [0, 0.05) is 64.1 Å². The van der Waals surface area contributed by atoms with Gasteiger partial charge in [-0.1, -0.05) is 158 Å². The SMILES string of the molecule is c1ccc(-c2ccccc2N(c2ccc3c4ccccc4n(-c4ccccc4-c4cccc5c4sc4ccccc45)c3c2)c2cccc3c2oc2ccccc23)cc1. The molecule has 12 rings (SSSR count). The van der Waals surface area contributed by atoms with E-state index in [1.165, 1.54) is 47.6 Å². The van der Waals surface area contributed by atoms with Crippen LogP contribution in [0.3, 0.4) is 0 Å². The van der Waals surface area contributed by atoms with Crippen LogP contribution in [0.2, 0.25) is 0 Å². The van der Waals surface area contributed by atoms with Crippen LogP contribution in [0, 0.1) is 0 Å². The van der Waals surface area contributed by atoms with E-state index in [9.17, 15) is 0 Å². The zero-order valence-electron chi connectivity index (χ0n) is 31.3. The highest BCUT2D eigenvalue weighted by atomic mass is 32.1. The fourth-order valence-electron chi connectivity index (χ4n) is 9.06. The molecule has 0 aliphatic heterocycles. The smallest absolute Gasteiger partial charge is 0.159 e. The Balaban J connectivity index is 1.15. The van der Waals surface area contributed by atoms with Crippen LogP contribution in [0.15, 0.2) is 211 Å². The third-order valence-corrected chi connectivity index (χ3v) is 12.8. The zero-order chi connectivity index (χ0) is 38.2. The summed E-state index contributed by atoms with van der Waals surface area (Å²) < 4.78 is 11.8. The quantitative estimate of drug-likeness (QED) is 0.168. The summed E-state index contributed by atoms with van der Waals surface area (Å²) in [6, 6.07) is 74.3. The number of rotatable bonds is 6. The molecule has 9 aromatic carbocycles. The van der Waals surface area contributed by atoms with E-state index in [4.69, 9.17) is 4.42 Å². The lowest BCUT2D eigenvalue weighted by Crippen LogP contribution is -2.11. The van der Waals surface area contributed by atoms with Crippen LogP contribution in [-0.2, 0) is 0 Å². The number of thiophene rings is 1. The van der Waals surface area contributed by atoms with Crippen molar-refractivity contribution in [2.75, 3.05) is 4.90 Å². The molecule has 272 valence electrons. The summed E-state index contributed by atoms with van der Waals surface area (Å²) in [5.41, 5.74) is 13.0. The number of furan rings is 1. The van der Waals surface area contributed by atoms with Crippen LogP contribution in [0.25, 0.3) is 91.9 Å². The van der Waals surface area contributed by atoms with Crippen molar-refractivity contribution in [2.24, 2.45) is 0 Å². The maximum Gasteiger partial charge on any atom is 0.159 e. The standard InChI is InChI=1S/C54H34N2OS/c1-2-16-35(17-3-1)37-18-4-9-26-46(37)55(49-29-15-23-43-41-21-7-12-30-51(41)57-53(43)49)36-32-33-40-38-19-5-10-27-47(38)56(50(40)34-36)48-28-11-6-20-39(48)44-24-14-25-45-42-22-8-13-31-52(42)58-54(44)45/h1-34H. The van der Waals surface area contributed by atoms with Gasteiger partial charge in [-0.15, -0.1) is 11.3 Å². The minimum Gasteiger partial charge on any atom is -0.454 e. The molecule has 0 aliphatic rings. The molecule has 0 atom stereocenters. The Morgan fingerprint density at radius 2 is 1.05 bits per heavy atom. The molecule has 0 unspecified atom stereocenters. The minimum absolute atomic E-state index is 0.856. The van der Waals surface area contributed by atoms with Gasteiger partial charge in [-0.25, -0.2) is 0 Å². The van der Waals surface area contributed by atoms with Crippen LogP contribution in [0.5, 0.6) is 0 Å². The van der Waals surface area contributed by atoms with Gasteiger partial charge in [0.05, 0.1) is 28.1 Å². The summed E-state index contributed by atoms with van der Waals surface area (Å²) in [5, 5.41) is 7.22. The Kier molecular flexibility index (Phi) is 7.40. The molecule has 3 nitrogen and oxygen atoms in total. The van der Waals surface area contributed by atoms with Crippen molar-refractivity contribution in [2.45, 2.75) is 0 Å². The van der Waals surface area contributed by atoms with E-state index in [0.717, 1.165) is 61.3 Å². The molecule has 0 aliphatic carbocycles. The normalized spacial score (nSPS) is 11.8. The van der Waals surface area contributed by atoms with Gasteiger partial charge in [0.1, 0.15) is 5.58 Å². The van der Waals surface area contributed by atoms with Crippen molar-refractivity contribution in [3.63, 3.8) is 0 Å². The van der Waals surface area contributed by atoms with E-state index in [1.807, 2.05) is 17.4 Å². The number of hydrogen-bond acceptors (Lipinski definition) is 3. The largest absolute Gasteiger partial charge is 0.454 e. The lowest BCUT2D eigenvalue weighted by atomic mass is 10.0. The minimum atomic E-state index is 0.856.